The number of sulfonamides is 1. The van der Waals surface area contributed by atoms with E-state index in [1.807, 2.05) is 37.2 Å². The maximum atomic E-state index is 13.6. The Morgan fingerprint density at radius 2 is 1.82 bits per heavy atom. The Labute approximate surface area is 200 Å². The maximum Gasteiger partial charge on any atom is 0.243 e. The van der Waals surface area contributed by atoms with Gasteiger partial charge in [0.1, 0.15) is 5.82 Å². The lowest BCUT2D eigenvalue weighted by Crippen LogP contribution is -2.37. The number of carbonyl (C=O) groups is 1. The number of anilines is 2. The fourth-order valence-electron chi connectivity index (χ4n) is 4.35. The van der Waals surface area contributed by atoms with E-state index in [0.717, 1.165) is 55.5 Å². The smallest absolute Gasteiger partial charge is 0.243 e. The monoisotopic (exact) mass is 489 g/mol. The van der Waals surface area contributed by atoms with Crippen LogP contribution in [0.5, 0.6) is 0 Å². The molecule has 0 unspecified atom stereocenters. The third-order valence-corrected chi connectivity index (χ3v) is 8.36. The minimum Gasteiger partial charge on any atom is -0.377 e. The van der Waals surface area contributed by atoms with Gasteiger partial charge in [0.25, 0.3) is 0 Å². The van der Waals surface area contributed by atoms with Crippen molar-refractivity contribution in [1.29, 1.82) is 0 Å². The molecule has 1 aliphatic heterocycles. The number of carbonyl (C=O) groups excluding carboxylic acids is 1. The number of halogens is 1. The third-order valence-electron chi connectivity index (χ3n) is 6.53. The molecule has 184 valence electrons. The molecular formula is C25H32FN3O4S. The van der Waals surface area contributed by atoms with Gasteiger partial charge in [-0.15, -0.1) is 0 Å². The predicted molar refractivity (Wildman–Crippen MR) is 130 cm³/mol. The Hall–Kier alpha value is -2.49. The quantitative estimate of drug-likeness (QED) is 0.576. The molecule has 1 aliphatic carbocycles. The molecule has 1 amide bonds. The zero-order chi connectivity index (χ0) is 24.3. The van der Waals surface area contributed by atoms with Crippen molar-refractivity contribution in [3.8, 4) is 0 Å². The van der Waals surface area contributed by atoms with E-state index in [2.05, 4.69) is 5.32 Å². The van der Waals surface area contributed by atoms with Crippen LogP contribution in [0.15, 0.2) is 47.4 Å². The minimum atomic E-state index is -3.91. The van der Waals surface area contributed by atoms with Crippen molar-refractivity contribution in [1.82, 2.24) is 4.31 Å². The summed E-state index contributed by atoms with van der Waals surface area (Å²) in [6.07, 6.45) is 4.36. The second-order valence-electron chi connectivity index (χ2n) is 9.24. The molecule has 1 saturated heterocycles. The highest BCUT2D eigenvalue weighted by molar-refractivity contribution is 7.89. The highest BCUT2D eigenvalue weighted by atomic mass is 32.2. The van der Waals surface area contributed by atoms with Gasteiger partial charge in [0.15, 0.2) is 0 Å². The van der Waals surface area contributed by atoms with Crippen LogP contribution in [0.25, 0.3) is 0 Å². The van der Waals surface area contributed by atoms with Gasteiger partial charge in [-0.05, 0) is 73.7 Å². The Morgan fingerprint density at radius 3 is 2.41 bits per heavy atom. The van der Waals surface area contributed by atoms with Gasteiger partial charge in [-0.25, -0.2) is 12.8 Å². The van der Waals surface area contributed by atoms with Crippen LogP contribution in [-0.2, 0) is 26.1 Å². The van der Waals surface area contributed by atoms with E-state index in [0.29, 0.717) is 12.3 Å². The predicted octanol–water partition coefficient (Wildman–Crippen LogP) is 4.00. The lowest BCUT2D eigenvalue weighted by molar-refractivity contribution is -0.122. The van der Waals surface area contributed by atoms with Crippen LogP contribution in [0.3, 0.4) is 0 Å². The van der Waals surface area contributed by atoms with Crippen LogP contribution in [0.4, 0.5) is 15.8 Å². The van der Waals surface area contributed by atoms with Crippen LogP contribution in [0.2, 0.25) is 0 Å². The molecule has 0 spiro atoms. The van der Waals surface area contributed by atoms with Crippen molar-refractivity contribution in [3.63, 3.8) is 0 Å². The summed E-state index contributed by atoms with van der Waals surface area (Å²) < 4.78 is 47.8. The summed E-state index contributed by atoms with van der Waals surface area (Å²) in [6.45, 7) is 0.909. The van der Waals surface area contributed by atoms with Crippen LogP contribution in [0, 0.1) is 11.7 Å². The summed E-state index contributed by atoms with van der Waals surface area (Å²) in [6, 6.07) is 10.5. The average molecular weight is 490 g/mol. The summed E-state index contributed by atoms with van der Waals surface area (Å²) in [5, 5.41) is 2.98. The summed E-state index contributed by atoms with van der Waals surface area (Å²) >= 11 is 0. The number of benzene rings is 2. The Kier molecular flexibility index (Phi) is 7.54. The molecule has 1 heterocycles. The number of amides is 1. The maximum absolute atomic E-state index is 13.6. The van der Waals surface area contributed by atoms with Gasteiger partial charge >= 0.3 is 0 Å². The highest BCUT2D eigenvalue weighted by Crippen LogP contribution is 2.31. The van der Waals surface area contributed by atoms with Crippen molar-refractivity contribution < 1.29 is 22.3 Å². The molecule has 9 heteroatoms. The number of hydrogen-bond acceptors (Lipinski definition) is 5. The van der Waals surface area contributed by atoms with Crippen LogP contribution >= 0.6 is 0 Å². The van der Waals surface area contributed by atoms with Crippen molar-refractivity contribution in [3.05, 3.63) is 53.8 Å². The molecule has 0 bridgehead atoms. The average Bonchev–Trinajstić information content (AvgIpc) is 3.25. The van der Waals surface area contributed by atoms with E-state index in [1.54, 1.807) is 0 Å². The van der Waals surface area contributed by atoms with Gasteiger partial charge < -0.3 is 15.0 Å². The molecule has 2 aromatic carbocycles. The first kappa shape index (κ1) is 24.6. The third kappa shape index (κ3) is 5.59. The number of nitrogens with one attached hydrogen (secondary N) is 1. The molecule has 4 rings (SSSR count). The number of ether oxygens (including phenoxy) is 1. The van der Waals surface area contributed by atoms with Crippen molar-refractivity contribution >= 4 is 27.3 Å². The topological polar surface area (TPSA) is 79.0 Å². The van der Waals surface area contributed by atoms with Gasteiger partial charge in [0.2, 0.25) is 15.9 Å². The Bertz CT molecular complexity index is 1110. The summed E-state index contributed by atoms with van der Waals surface area (Å²) in [5.74, 6) is -0.439. The molecule has 7 nitrogen and oxygen atoms in total. The number of hydrogen-bond donors (Lipinski definition) is 1. The van der Waals surface area contributed by atoms with Crippen molar-refractivity contribution in [2.75, 3.05) is 37.5 Å². The normalized spacial score (nSPS) is 18.6. The highest BCUT2D eigenvalue weighted by Gasteiger charge is 2.30. The van der Waals surface area contributed by atoms with Crippen molar-refractivity contribution in [2.45, 2.75) is 49.6 Å². The van der Waals surface area contributed by atoms with Gasteiger partial charge in [-0.3, -0.25) is 4.79 Å². The molecule has 1 atom stereocenters. The first-order valence-corrected chi connectivity index (χ1v) is 13.2. The van der Waals surface area contributed by atoms with E-state index in [1.165, 1.54) is 16.4 Å². The van der Waals surface area contributed by atoms with Gasteiger partial charge in [0, 0.05) is 51.1 Å². The molecule has 0 radical (unpaired) electrons. The first-order chi connectivity index (χ1) is 16.2. The molecular weight excluding hydrogens is 457 g/mol. The van der Waals surface area contributed by atoms with E-state index in [4.69, 9.17) is 4.74 Å². The van der Waals surface area contributed by atoms with Crippen LogP contribution in [-0.4, -0.2) is 52.0 Å². The van der Waals surface area contributed by atoms with Gasteiger partial charge in [0.05, 0.1) is 11.0 Å². The molecule has 2 aliphatic rings. The molecule has 1 saturated carbocycles. The zero-order valence-corrected chi connectivity index (χ0v) is 20.5. The standard InChI is InChI=1S/C25H32FN3O4S/c1-28(2)24-13-10-21(27-25(30)18-5-3-6-18)15-19(24)16-29(17-22-7-4-14-33-22)34(31,32)23-11-8-20(26)9-12-23/h8-13,15,18,22H,3-7,14,16-17H2,1-2H3,(H,27,30)/t22-/m0/s1. The van der Waals surface area contributed by atoms with E-state index in [-0.39, 0.29) is 35.9 Å². The van der Waals surface area contributed by atoms with Crippen LogP contribution in [0.1, 0.15) is 37.7 Å². The van der Waals surface area contributed by atoms with E-state index in [9.17, 15) is 17.6 Å². The molecule has 34 heavy (non-hydrogen) atoms. The molecule has 2 aromatic rings. The Balaban J connectivity index is 1.65. The Morgan fingerprint density at radius 1 is 1.09 bits per heavy atom. The number of rotatable bonds is 9. The molecule has 1 N–H and O–H groups in total. The van der Waals surface area contributed by atoms with Crippen LogP contribution < -0.4 is 10.2 Å². The van der Waals surface area contributed by atoms with Crippen molar-refractivity contribution in [2.24, 2.45) is 5.92 Å². The second-order valence-corrected chi connectivity index (χ2v) is 11.2. The largest absolute Gasteiger partial charge is 0.377 e. The second kappa shape index (κ2) is 10.4. The molecule has 0 aromatic heterocycles. The fourth-order valence-corrected chi connectivity index (χ4v) is 5.80. The lowest BCUT2D eigenvalue weighted by Gasteiger charge is -2.28. The summed E-state index contributed by atoms with van der Waals surface area (Å²) in [4.78, 5) is 14.4. The minimum absolute atomic E-state index is 0.00458. The first-order valence-electron chi connectivity index (χ1n) is 11.7. The lowest BCUT2D eigenvalue weighted by atomic mass is 9.85. The molecule has 2 fully saturated rings. The van der Waals surface area contributed by atoms with Gasteiger partial charge in [-0.2, -0.15) is 4.31 Å². The number of nitrogens with zero attached hydrogens (tertiary/aromatic N) is 2. The zero-order valence-electron chi connectivity index (χ0n) is 19.7. The van der Waals surface area contributed by atoms with E-state index < -0.39 is 15.8 Å². The SMILES string of the molecule is CN(C)c1ccc(NC(=O)C2CCC2)cc1CN(C[C@@H]1CCCO1)S(=O)(=O)c1ccc(F)cc1. The van der Waals surface area contributed by atoms with E-state index >= 15 is 0 Å². The fraction of sp³-hybridized carbons (Fsp3) is 0.480. The summed E-state index contributed by atoms with van der Waals surface area (Å²) in [7, 11) is -0.123. The van der Waals surface area contributed by atoms with Gasteiger partial charge in [-0.1, -0.05) is 6.42 Å². The summed E-state index contributed by atoms with van der Waals surface area (Å²) in [5.41, 5.74) is 2.27.